The van der Waals surface area contributed by atoms with Crippen molar-refractivity contribution in [1.29, 1.82) is 0 Å². The van der Waals surface area contributed by atoms with Gasteiger partial charge < -0.3 is 31.4 Å². The van der Waals surface area contributed by atoms with E-state index in [2.05, 4.69) is 10.3 Å². The van der Waals surface area contributed by atoms with Crippen LogP contribution in [-0.2, 0) is 0 Å². The maximum atomic E-state index is 11.2. The number of ether oxygens (including phenoxy) is 1. The number of nitrogen functional groups attached to an aromatic ring is 2. The molecule has 214 valence electrons. The average Bonchev–Trinajstić information content (AvgIpc) is 2.94. The van der Waals surface area contributed by atoms with E-state index in [1.165, 1.54) is 24.3 Å². The van der Waals surface area contributed by atoms with E-state index in [0.29, 0.717) is 35.1 Å². The van der Waals surface area contributed by atoms with Gasteiger partial charge in [0.25, 0.3) is 11.4 Å². The number of nitro benzene ring substituents is 2. The second-order valence-electron chi connectivity index (χ2n) is 8.81. The number of hydrogen-bond acceptors (Lipinski definition) is 10. The Balaban J connectivity index is 0.000000196. The maximum Gasteiger partial charge on any atom is 0.300 e. The molecule has 5 rings (SSSR count). The molecule has 0 fully saturated rings. The van der Waals surface area contributed by atoms with E-state index >= 15 is 0 Å². The Morgan fingerprint density at radius 2 is 1.64 bits per heavy atom. The van der Waals surface area contributed by atoms with Crippen molar-refractivity contribution in [2.45, 2.75) is 6.92 Å². The Hall–Kier alpha value is -5.69. The number of aromatic carboxylic acids is 1. The van der Waals surface area contributed by atoms with E-state index in [1.54, 1.807) is 0 Å². The van der Waals surface area contributed by atoms with E-state index in [9.17, 15) is 30.1 Å². The predicted molar refractivity (Wildman–Crippen MR) is 157 cm³/mol. The first-order valence-corrected chi connectivity index (χ1v) is 12.6. The Morgan fingerprint density at radius 1 is 0.929 bits per heavy atom. The van der Waals surface area contributed by atoms with Crippen molar-refractivity contribution in [2.24, 2.45) is 0 Å². The van der Waals surface area contributed by atoms with Gasteiger partial charge in [-0.15, -0.1) is 0 Å². The standard InChI is InChI=1S/C15H15N3O.C13H8ClN3O6/c1-2-19-10-4-6-13-12(8-10)15(17)11-5-3-9(16)7-14(11)18-13;14-7-1-3-8(4-2-7)15-12-10(13(18)19)5-9(16(20)21)6-11(12)17(22)23/h3-8H,2,16H2,1H3,(H2,17,18);1-6,15H,(H,18,19). The number of pyridine rings is 1. The van der Waals surface area contributed by atoms with Gasteiger partial charge in [0.2, 0.25) is 11.0 Å². The highest BCUT2D eigenvalue weighted by Gasteiger charge is 2.25. The summed E-state index contributed by atoms with van der Waals surface area (Å²) in [6, 6.07) is 18.8. The molecular weight excluding hydrogens is 568 g/mol. The molecule has 0 saturated heterocycles. The second-order valence-corrected chi connectivity index (χ2v) is 9.24. The summed E-state index contributed by atoms with van der Waals surface area (Å²) < 4.78 is 5.51. The molecule has 13 nitrogen and oxygen atoms in total. The summed E-state index contributed by atoms with van der Waals surface area (Å²) in [6.07, 6.45) is 0. The normalized spacial score (nSPS) is 10.5. The third-order valence-corrected chi connectivity index (χ3v) is 6.29. The number of nitro groups is 2. The zero-order valence-corrected chi connectivity index (χ0v) is 22.7. The molecule has 0 unspecified atom stereocenters. The molecule has 0 bridgehead atoms. The van der Waals surface area contributed by atoms with Gasteiger partial charge in [-0.3, -0.25) is 20.2 Å². The molecule has 1 aromatic heterocycles. The Bertz CT molecular complexity index is 1810. The summed E-state index contributed by atoms with van der Waals surface area (Å²) in [5.74, 6) is -0.960. The molecule has 0 saturated carbocycles. The van der Waals surface area contributed by atoms with Gasteiger partial charge in [-0.05, 0) is 55.5 Å². The number of H-pyrrole nitrogens is 1. The lowest BCUT2D eigenvalue weighted by Gasteiger charge is -2.13. The van der Waals surface area contributed by atoms with Crippen molar-refractivity contribution < 1.29 is 29.5 Å². The first-order valence-electron chi connectivity index (χ1n) is 12.3. The van der Waals surface area contributed by atoms with Crippen LogP contribution in [0.1, 0.15) is 17.3 Å². The number of carboxylic acids is 1. The number of carbonyl (C=O) groups is 1. The Kier molecular flexibility index (Phi) is 8.53. The molecular formula is C28H23ClN6O7. The van der Waals surface area contributed by atoms with Gasteiger partial charge >= 0.3 is 0 Å². The first-order chi connectivity index (χ1) is 20.0. The van der Waals surface area contributed by atoms with E-state index < -0.39 is 38.4 Å². The molecule has 0 amide bonds. The van der Waals surface area contributed by atoms with Crippen molar-refractivity contribution in [1.82, 2.24) is 0 Å². The van der Waals surface area contributed by atoms with Crippen LogP contribution in [0, 0.1) is 20.2 Å². The van der Waals surface area contributed by atoms with Crippen LogP contribution < -0.4 is 31.6 Å². The number of aromatic amines is 1. The number of rotatable bonds is 7. The van der Waals surface area contributed by atoms with Crippen LogP contribution in [0.5, 0.6) is 5.75 Å². The van der Waals surface area contributed by atoms with Crippen molar-refractivity contribution in [2.75, 3.05) is 23.4 Å². The van der Waals surface area contributed by atoms with Gasteiger partial charge in [0.15, 0.2) is 0 Å². The van der Waals surface area contributed by atoms with Crippen molar-refractivity contribution in [3.05, 3.63) is 104 Å². The number of nitrogens with zero attached hydrogens (tertiary/aromatic N) is 2. The molecule has 42 heavy (non-hydrogen) atoms. The van der Waals surface area contributed by atoms with Crippen LogP contribution in [0.2, 0.25) is 5.02 Å². The minimum atomic E-state index is -1.78. The van der Waals surface area contributed by atoms with Crippen LogP contribution in [0.25, 0.3) is 21.8 Å². The van der Waals surface area contributed by atoms with Crippen molar-refractivity contribution in [3.8, 4) is 5.75 Å². The molecule has 1 heterocycles. The number of non-ortho nitro benzene ring substituents is 1. The molecule has 0 aliphatic rings. The minimum Gasteiger partial charge on any atom is -0.545 e. The van der Waals surface area contributed by atoms with Crippen molar-refractivity contribution >= 4 is 73.5 Å². The summed E-state index contributed by atoms with van der Waals surface area (Å²) in [6.45, 7) is 2.60. The lowest BCUT2D eigenvalue weighted by Crippen LogP contribution is -2.24. The number of nitrogens with one attached hydrogen (secondary N) is 2. The molecule has 0 aliphatic carbocycles. The van der Waals surface area contributed by atoms with Gasteiger partial charge in [-0.1, -0.05) is 11.6 Å². The lowest BCUT2D eigenvalue weighted by atomic mass is 10.1. The Labute approximate surface area is 242 Å². The maximum absolute atomic E-state index is 11.2. The van der Waals surface area contributed by atoms with Crippen LogP contribution >= 0.6 is 11.6 Å². The molecule has 0 radical (unpaired) electrons. The number of carboxylic acid groups (broad SMARTS) is 1. The summed E-state index contributed by atoms with van der Waals surface area (Å²) in [5, 5.41) is 38.0. The Morgan fingerprint density at radius 3 is 2.26 bits per heavy atom. The lowest BCUT2D eigenvalue weighted by molar-refractivity contribution is -0.393. The molecule has 6 N–H and O–H groups in total. The zero-order valence-electron chi connectivity index (χ0n) is 21.9. The highest BCUT2D eigenvalue weighted by Crippen LogP contribution is 2.35. The number of anilines is 4. The smallest absolute Gasteiger partial charge is 0.300 e. The van der Waals surface area contributed by atoms with E-state index in [-0.39, 0.29) is 0 Å². The van der Waals surface area contributed by atoms with Gasteiger partial charge in [0.05, 0.1) is 44.9 Å². The number of aromatic nitrogens is 1. The highest BCUT2D eigenvalue weighted by molar-refractivity contribution is 6.30. The summed E-state index contributed by atoms with van der Waals surface area (Å²) >= 11 is 5.72. The number of hydrogen-bond donors (Lipinski definition) is 3. The largest absolute Gasteiger partial charge is 0.545 e. The fourth-order valence-electron chi connectivity index (χ4n) is 4.13. The quantitative estimate of drug-likeness (QED) is 0.103. The van der Waals surface area contributed by atoms with Crippen molar-refractivity contribution in [3.63, 3.8) is 0 Å². The summed E-state index contributed by atoms with van der Waals surface area (Å²) in [4.78, 5) is 34.6. The van der Waals surface area contributed by atoms with E-state index in [1.807, 2.05) is 43.3 Å². The number of benzene rings is 4. The van der Waals surface area contributed by atoms with Gasteiger partial charge in [0, 0.05) is 40.2 Å². The molecule has 0 aliphatic heterocycles. The topological polar surface area (TPSA) is 214 Å². The number of fused-ring (bicyclic) bond motifs is 2. The predicted octanol–water partition coefficient (Wildman–Crippen LogP) is 4.63. The van der Waals surface area contributed by atoms with Gasteiger partial charge in [-0.25, -0.2) is 4.98 Å². The van der Waals surface area contributed by atoms with E-state index in [0.717, 1.165) is 33.2 Å². The van der Waals surface area contributed by atoms with Crippen LogP contribution in [0.15, 0.2) is 72.8 Å². The summed E-state index contributed by atoms with van der Waals surface area (Å²) in [7, 11) is 0. The zero-order chi connectivity index (χ0) is 30.6. The van der Waals surface area contributed by atoms with E-state index in [4.69, 9.17) is 27.8 Å². The van der Waals surface area contributed by atoms with Crippen LogP contribution in [0.3, 0.4) is 0 Å². The SMILES string of the molecule is CCOc1ccc2[nH+]c3cc(N)ccc3c(N)c2c1.O=C([O-])c1cc([N+](=O)[O-])cc([N+](=O)[O-])c1Nc1ccc(Cl)cc1. The fourth-order valence-corrected chi connectivity index (χ4v) is 4.26. The number of halogens is 1. The van der Waals surface area contributed by atoms with Gasteiger partial charge in [-0.2, -0.15) is 0 Å². The second kappa shape index (κ2) is 12.2. The third-order valence-electron chi connectivity index (χ3n) is 6.04. The summed E-state index contributed by atoms with van der Waals surface area (Å²) in [5.41, 5.74) is 13.1. The van der Waals surface area contributed by atoms with Gasteiger partial charge in [0.1, 0.15) is 11.4 Å². The highest BCUT2D eigenvalue weighted by atomic mass is 35.5. The monoisotopic (exact) mass is 590 g/mol. The van der Waals surface area contributed by atoms with Crippen LogP contribution in [0.4, 0.5) is 34.1 Å². The number of nitrogens with two attached hydrogens (primary N) is 2. The molecule has 4 aromatic carbocycles. The average molecular weight is 591 g/mol. The molecule has 5 aromatic rings. The van der Waals surface area contributed by atoms with Crippen LogP contribution in [-0.4, -0.2) is 22.4 Å². The fraction of sp³-hybridized carbons (Fsp3) is 0.0714. The molecule has 0 spiro atoms. The minimum absolute atomic E-state index is 0.314. The first kappa shape index (κ1) is 29.3. The number of carbonyl (C=O) groups excluding carboxylic acids is 1. The third kappa shape index (κ3) is 6.37. The molecule has 14 heteroatoms. The molecule has 0 atom stereocenters.